The Morgan fingerprint density at radius 3 is 2.79 bits per heavy atom. The Labute approximate surface area is 111 Å². The van der Waals surface area contributed by atoms with E-state index in [9.17, 15) is 8.42 Å². The van der Waals surface area contributed by atoms with Crippen LogP contribution in [0.2, 0.25) is 0 Å². The van der Waals surface area contributed by atoms with Gasteiger partial charge in [-0.1, -0.05) is 0 Å². The fraction of sp³-hybridized carbons (Fsp3) is 0.273. The number of sulfonamides is 1. The summed E-state index contributed by atoms with van der Waals surface area (Å²) in [5.74, 6) is 0.627. The van der Waals surface area contributed by atoms with Crippen LogP contribution in [0.25, 0.3) is 0 Å². The lowest BCUT2D eigenvalue weighted by Gasteiger charge is -2.07. The summed E-state index contributed by atoms with van der Waals surface area (Å²) in [6, 6.07) is 5.00. The van der Waals surface area contributed by atoms with Gasteiger partial charge in [-0.3, -0.25) is 4.68 Å². The van der Waals surface area contributed by atoms with Gasteiger partial charge in [-0.05, 0) is 25.2 Å². The monoisotopic (exact) mass is 281 g/mol. The molecule has 2 aromatic heterocycles. The van der Waals surface area contributed by atoms with E-state index in [2.05, 4.69) is 20.1 Å². The number of nitrogens with zero attached hydrogens (tertiary/aromatic N) is 3. The van der Waals surface area contributed by atoms with Crippen LogP contribution in [0.1, 0.15) is 0 Å². The SMILES string of the molecule is CNS(=O)(=O)c1ccc(NCCn2cccn2)nc1. The number of aromatic nitrogens is 3. The van der Waals surface area contributed by atoms with Crippen molar-refractivity contribution in [1.29, 1.82) is 0 Å². The fourth-order valence-electron chi connectivity index (χ4n) is 1.49. The Balaban J connectivity index is 1.92. The average Bonchev–Trinajstić information content (AvgIpc) is 2.92. The van der Waals surface area contributed by atoms with Crippen molar-refractivity contribution in [3.8, 4) is 0 Å². The molecular formula is C11H15N5O2S. The molecule has 0 bridgehead atoms. The van der Waals surface area contributed by atoms with Gasteiger partial charge in [-0.2, -0.15) is 5.10 Å². The molecule has 0 aliphatic rings. The molecule has 2 rings (SSSR count). The van der Waals surface area contributed by atoms with Crippen molar-refractivity contribution in [3.05, 3.63) is 36.8 Å². The summed E-state index contributed by atoms with van der Waals surface area (Å²) < 4.78 is 27.0. The molecule has 8 heteroatoms. The molecule has 0 atom stereocenters. The van der Waals surface area contributed by atoms with Crippen LogP contribution in [-0.2, 0) is 16.6 Å². The smallest absolute Gasteiger partial charge is 0.241 e. The third kappa shape index (κ3) is 3.52. The van der Waals surface area contributed by atoms with Crippen molar-refractivity contribution in [2.75, 3.05) is 18.9 Å². The van der Waals surface area contributed by atoms with Crippen molar-refractivity contribution in [1.82, 2.24) is 19.5 Å². The molecule has 0 aliphatic carbocycles. The Morgan fingerprint density at radius 2 is 2.21 bits per heavy atom. The first-order chi connectivity index (χ1) is 9.12. The Bertz CT molecular complexity index is 607. The molecule has 0 unspecified atom stereocenters. The van der Waals surface area contributed by atoms with Gasteiger partial charge in [-0.25, -0.2) is 18.1 Å². The number of hydrogen-bond donors (Lipinski definition) is 2. The van der Waals surface area contributed by atoms with Crippen molar-refractivity contribution in [2.24, 2.45) is 0 Å². The molecule has 0 aliphatic heterocycles. The third-order valence-corrected chi connectivity index (χ3v) is 3.92. The van der Waals surface area contributed by atoms with Crippen molar-refractivity contribution < 1.29 is 8.42 Å². The van der Waals surface area contributed by atoms with Gasteiger partial charge < -0.3 is 5.32 Å². The maximum atomic E-state index is 11.5. The van der Waals surface area contributed by atoms with Crippen LogP contribution < -0.4 is 10.0 Å². The zero-order valence-corrected chi connectivity index (χ0v) is 11.3. The molecule has 0 amide bonds. The van der Waals surface area contributed by atoms with Crippen LogP contribution in [0.15, 0.2) is 41.7 Å². The molecule has 0 radical (unpaired) electrons. The summed E-state index contributed by atoms with van der Waals surface area (Å²) in [7, 11) is -2.06. The van der Waals surface area contributed by atoms with Crippen molar-refractivity contribution in [3.63, 3.8) is 0 Å². The maximum absolute atomic E-state index is 11.5. The van der Waals surface area contributed by atoms with E-state index in [0.29, 0.717) is 18.9 Å². The summed E-state index contributed by atoms with van der Waals surface area (Å²) >= 11 is 0. The van der Waals surface area contributed by atoms with E-state index in [0.717, 1.165) is 0 Å². The van der Waals surface area contributed by atoms with E-state index in [1.165, 1.54) is 19.3 Å². The van der Waals surface area contributed by atoms with Crippen LogP contribution >= 0.6 is 0 Å². The van der Waals surface area contributed by atoms with Gasteiger partial charge in [0.05, 0.1) is 6.54 Å². The van der Waals surface area contributed by atoms with Crippen LogP contribution in [0, 0.1) is 0 Å². The summed E-state index contributed by atoms with van der Waals surface area (Å²) in [5.41, 5.74) is 0. The summed E-state index contributed by atoms with van der Waals surface area (Å²) in [5, 5.41) is 7.17. The van der Waals surface area contributed by atoms with E-state index in [-0.39, 0.29) is 4.90 Å². The summed E-state index contributed by atoms with van der Waals surface area (Å²) in [6.07, 6.45) is 4.91. The van der Waals surface area contributed by atoms with E-state index in [4.69, 9.17) is 0 Å². The normalized spacial score (nSPS) is 11.4. The summed E-state index contributed by atoms with van der Waals surface area (Å²) in [4.78, 5) is 4.20. The van der Waals surface area contributed by atoms with E-state index < -0.39 is 10.0 Å². The second-order valence-electron chi connectivity index (χ2n) is 3.78. The lowest BCUT2D eigenvalue weighted by atomic mass is 10.4. The first-order valence-electron chi connectivity index (χ1n) is 5.73. The van der Waals surface area contributed by atoms with E-state index >= 15 is 0 Å². The zero-order chi connectivity index (χ0) is 13.7. The lowest BCUT2D eigenvalue weighted by Crippen LogP contribution is -2.19. The van der Waals surface area contributed by atoms with E-state index in [1.54, 1.807) is 16.9 Å². The molecule has 2 heterocycles. The molecule has 0 aromatic carbocycles. The number of hydrogen-bond acceptors (Lipinski definition) is 5. The number of nitrogens with one attached hydrogen (secondary N) is 2. The number of pyridine rings is 1. The second-order valence-corrected chi connectivity index (χ2v) is 5.67. The van der Waals surface area contributed by atoms with Crippen LogP contribution in [-0.4, -0.2) is 36.8 Å². The third-order valence-electron chi connectivity index (χ3n) is 2.52. The van der Waals surface area contributed by atoms with E-state index in [1.807, 2.05) is 12.3 Å². The van der Waals surface area contributed by atoms with Gasteiger partial charge in [0.1, 0.15) is 10.7 Å². The Hall–Kier alpha value is -1.93. The van der Waals surface area contributed by atoms with Crippen LogP contribution in [0.4, 0.5) is 5.82 Å². The van der Waals surface area contributed by atoms with Gasteiger partial charge in [0.15, 0.2) is 0 Å². The highest BCUT2D eigenvalue weighted by Crippen LogP contribution is 2.09. The molecule has 0 spiro atoms. The maximum Gasteiger partial charge on any atom is 0.241 e. The summed E-state index contributed by atoms with van der Waals surface area (Å²) in [6.45, 7) is 1.37. The first-order valence-corrected chi connectivity index (χ1v) is 7.21. The van der Waals surface area contributed by atoms with Gasteiger partial charge in [-0.15, -0.1) is 0 Å². The Morgan fingerprint density at radius 1 is 1.37 bits per heavy atom. The van der Waals surface area contributed by atoms with Gasteiger partial charge in [0, 0.05) is 25.1 Å². The molecule has 0 fully saturated rings. The van der Waals surface area contributed by atoms with Gasteiger partial charge in [0.2, 0.25) is 10.0 Å². The van der Waals surface area contributed by atoms with Gasteiger partial charge >= 0.3 is 0 Å². The minimum atomic E-state index is -3.43. The molecule has 102 valence electrons. The Kier molecular flexibility index (Phi) is 4.13. The topological polar surface area (TPSA) is 88.9 Å². The molecule has 0 saturated carbocycles. The minimum absolute atomic E-state index is 0.146. The first kappa shape index (κ1) is 13.5. The molecule has 7 nitrogen and oxygen atoms in total. The quantitative estimate of drug-likeness (QED) is 0.795. The molecule has 2 N–H and O–H groups in total. The standard InChI is InChI=1S/C11H15N5O2S/c1-12-19(17,18)10-3-4-11(14-9-10)13-6-8-16-7-2-5-15-16/h2-5,7,9,12H,6,8H2,1H3,(H,13,14). The molecule has 2 aromatic rings. The highest BCUT2D eigenvalue weighted by Gasteiger charge is 2.10. The minimum Gasteiger partial charge on any atom is -0.368 e. The predicted molar refractivity (Wildman–Crippen MR) is 71.2 cm³/mol. The molecule has 0 saturated heterocycles. The average molecular weight is 281 g/mol. The number of rotatable bonds is 6. The highest BCUT2D eigenvalue weighted by atomic mass is 32.2. The van der Waals surface area contributed by atoms with Gasteiger partial charge in [0.25, 0.3) is 0 Å². The predicted octanol–water partition coefficient (Wildman–Crippen LogP) is 0.298. The molecular weight excluding hydrogens is 266 g/mol. The van der Waals surface area contributed by atoms with Crippen molar-refractivity contribution in [2.45, 2.75) is 11.4 Å². The highest BCUT2D eigenvalue weighted by molar-refractivity contribution is 7.89. The van der Waals surface area contributed by atoms with Crippen LogP contribution in [0.5, 0.6) is 0 Å². The second kappa shape index (κ2) is 5.81. The zero-order valence-electron chi connectivity index (χ0n) is 10.4. The van der Waals surface area contributed by atoms with Crippen molar-refractivity contribution >= 4 is 15.8 Å². The lowest BCUT2D eigenvalue weighted by molar-refractivity contribution is 0.588. The van der Waals surface area contributed by atoms with Crippen LogP contribution in [0.3, 0.4) is 0 Å². The molecule has 19 heavy (non-hydrogen) atoms. The number of anilines is 1. The fourth-order valence-corrected chi connectivity index (χ4v) is 2.17. The largest absolute Gasteiger partial charge is 0.368 e.